The van der Waals surface area contributed by atoms with E-state index in [4.69, 9.17) is 0 Å². The van der Waals surface area contributed by atoms with Crippen LogP contribution in [0, 0.1) is 35.5 Å². The fourth-order valence-electron chi connectivity index (χ4n) is 1.47. The summed E-state index contributed by atoms with van der Waals surface area (Å²) in [6.45, 7) is 2.25. The van der Waals surface area contributed by atoms with Crippen molar-refractivity contribution < 1.29 is 0 Å². The molecule has 98 valence electrons. The number of halogens is 1. The van der Waals surface area contributed by atoms with Crippen molar-refractivity contribution in [3.8, 4) is 35.5 Å². The van der Waals surface area contributed by atoms with Crippen molar-refractivity contribution in [2.45, 2.75) is 64.7 Å². The van der Waals surface area contributed by atoms with E-state index in [9.17, 15) is 0 Å². The Hall–Kier alpha value is -0.840. The Morgan fingerprint density at radius 1 is 0.667 bits per heavy atom. The van der Waals surface area contributed by atoms with Gasteiger partial charge in [0, 0.05) is 6.42 Å². The Kier molecular flexibility index (Phi) is 15.4. The molecule has 0 aliphatic rings. The molecule has 0 saturated heterocycles. The zero-order valence-electron chi connectivity index (χ0n) is 11.4. The van der Waals surface area contributed by atoms with Gasteiger partial charge in [0.25, 0.3) is 0 Å². The van der Waals surface area contributed by atoms with Crippen molar-refractivity contribution in [1.29, 1.82) is 0 Å². The van der Waals surface area contributed by atoms with E-state index in [0.717, 1.165) is 11.8 Å². The molecular formula is C17H23Br. The van der Waals surface area contributed by atoms with E-state index in [1.165, 1.54) is 38.5 Å². The molecule has 0 bridgehead atoms. The van der Waals surface area contributed by atoms with Gasteiger partial charge in [-0.2, -0.15) is 0 Å². The van der Waals surface area contributed by atoms with Crippen molar-refractivity contribution in [2.24, 2.45) is 0 Å². The predicted octanol–water partition coefficient (Wildman–Crippen LogP) is 4.92. The van der Waals surface area contributed by atoms with Gasteiger partial charge in [-0.3, -0.25) is 0 Å². The Labute approximate surface area is 121 Å². The Balaban J connectivity index is 3.33. The van der Waals surface area contributed by atoms with Crippen LogP contribution in [0.15, 0.2) is 0 Å². The Morgan fingerprint density at radius 2 is 1.22 bits per heavy atom. The van der Waals surface area contributed by atoms with E-state index in [0.29, 0.717) is 12.8 Å². The van der Waals surface area contributed by atoms with Gasteiger partial charge in [-0.25, -0.2) is 0 Å². The third-order valence-corrected chi connectivity index (χ3v) is 2.73. The summed E-state index contributed by atoms with van der Waals surface area (Å²) >= 11 is 3.24. The molecule has 0 fully saturated rings. The maximum atomic E-state index is 3.24. The molecule has 0 radical (unpaired) electrons. The van der Waals surface area contributed by atoms with E-state index in [2.05, 4.69) is 58.4 Å². The smallest absolute Gasteiger partial charge is 0.0703 e. The minimum atomic E-state index is 0.657. The van der Waals surface area contributed by atoms with Gasteiger partial charge < -0.3 is 0 Å². The van der Waals surface area contributed by atoms with Gasteiger partial charge in [0.1, 0.15) is 0 Å². The van der Waals surface area contributed by atoms with E-state index in [-0.39, 0.29) is 0 Å². The molecule has 1 heteroatoms. The first kappa shape index (κ1) is 17.2. The molecule has 0 rings (SSSR count). The van der Waals surface area contributed by atoms with Crippen LogP contribution in [0.25, 0.3) is 0 Å². The lowest BCUT2D eigenvalue weighted by atomic mass is 10.1. The van der Waals surface area contributed by atoms with Gasteiger partial charge in [0.2, 0.25) is 0 Å². The second-order valence-corrected chi connectivity index (χ2v) is 4.63. The molecule has 0 heterocycles. The summed E-state index contributed by atoms with van der Waals surface area (Å²) in [7, 11) is 0. The number of hydrogen-bond donors (Lipinski definition) is 0. The lowest BCUT2D eigenvalue weighted by molar-refractivity contribution is 0.614. The minimum Gasteiger partial charge on any atom is -0.102 e. The maximum Gasteiger partial charge on any atom is 0.0703 e. The van der Waals surface area contributed by atoms with Crippen molar-refractivity contribution >= 4 is 15.9 Å². The van der Waals surface area contributed by atoms with Crippen LogP contribution in [0.1, 0.15) is 64.7 Å². The lowest BCUT2D eigenvalue weighted by Crippen LogP contribution is -1.77. The zero-order valence-corrected chi connectivity index (χ0v) is 13.0. The molecule has 0 nitrogen and oxygen atoms in total. The topological polar surface area (TPSA) is 0 Å². The van der Waals surface area contributed by atoms with Crippen LogP contribution in [0.3, 0.4) is 0 Å². The summed E-state index contributed by atoms with van der Waals surface area (Å²) in [6, 6.07) is 0. The summed E-state index contributed by atoms with van der Waals surface area (Å²) in [6.07, 6.45) is 10.4. The molecule has 0 N–H and O–H groups in total. The maximum absolute atomic E-state index is 3.24. The largest absolute Gasteiger partial charge is 0.102 e. The van der Waals surface area contributed by atoms with Crippen LogP contribution < -0.4 is 0 Å². The van der Waals surface area contributed by atoms with Crippen molar-refractivity contribution in [2.75, 3.05) is 5.33 Å². The fraction of sp³-hybridized carbons (Fsp3) is 0.647. The SMILES string of the molecule is CCCCCCCCC#CCC#CCC#CCBr. The first-order chi connectivity index (χ1) is 8.91. The molecule has 18 heavy (non-hydrogen) atoms. The minimum absolute atomic E-state index is 0.657. The molecule has 0 aliphatic heterocycles. The Morgan fingerprint density at radius 3 is 1.89 bits per heavy atom. The zero-order chi connectivity index (χ0) is 13.3. The van der Waals surface area contributed by atoms with Gasteiger partial charge in [-0.1, -0.05) is 84.6 Å². The van der Waals surface area contributed by atoms with Crippen LogP contribution in [-0.4, -0.2) is 5.33 Å². The second kappa shape index (κ2) is 16.2. The first-order valence-corrected chi connectivity index (χ1v) is 7.97. The highest BCUT2D eigenvalue weighted by molar-refractivity contribution is 9.09. The molecule has 0 atom stereocenters. The van der Waals surface area contributed by atoms with E-state index >= 15 is 0 Å². The normalized spacial score (nSPS) is 8.33. The molecule has 0 saturated carbocycles. The molecular weight excluding hydrogens is 284 g/mol. The summed E-state index contributed by atoms with van der Waals surface area (Å²) < 4.78 is 0. The van der Waals surface area contributed by atoms with E-state index < -0.39 is 0 Å². The highest BCUT2D eigenvalue weighted by Crippen LogP contribution is 2.05. The Bertz CT molecular complexity index is 348. The van der Waals surface area contributed by atoms with Gasteiger partial charge >= 0.3 is 0 Å². The number of rotatable bonds is 6. The summed E-state index contributed by atoms with van der Waals surface area (Å²) in [5, 5.41) is 0.729. The number of hydrogen-bond acceptors (Lipinski definition) is 0. The predicted molar refractivity (Wildman–Crippen MR) is 84.3 cm³/mol. The molecule has 0 aromatic carbocycles. The molecule has 0 aliphatic carbocycles. The molecule has 0 aromatic heterocycles. The lowest BCUT2D eigenvalue weighted by Gasteiger charge is -1.96. The first-order valence-electron chi connectivity index (χ1n) is 6.85. The van der Waals surface area contributed by atoms with E-state index in [1.54, 1.807) is 0 Å². The number of unbranched alkanes of at least 4 members (excludes halogenated alkanes) is 6. The quantitative estimate of drug-likeness (QED) is 0.371. The van der Waals surface area contributed by atoms with Crippen LogP contribution in [0.2, 0.25) is 0 Å². The molecule has 0 spiro atoms. The van der Waals surface area contributed by atoms with Crippen LogP contribution in [0.5, 0.6) is 0 Å². The van der Waals surface area contributed by atoms with Gasteiger partial charge in [-0.05, 0) is 6.42 Å². The van der Waals surface area contributed by atoms with Crippen molar-refractivity contribution in [3.05, 3.63) is 0 Å². The summed E-state index contributed by atoms with van der Waals surface area (Å²) in [5.41, 5.74) is 0. The second-order valence-electron chi connectivity index (χ2n) is 4.07. The van der Waals surface area contributed by atoms with Gasteiger partial charge in [0.05, 0.1) is 18.2 Å². The standard InChI is InChI=1S/C17H23Br/c1-2-3-4-5-6-7-8-9-10-11-12-13-14-15-16-17-18/h2-8,11,14,17H2,1H3. The third kappa shape index (κ3) is 15.2. The average molecular weight is 307 g/mol. The van der Waals surface area contributed by atoms with Crippen LogP contribution >= 0.6 is 15.9 Å². The molecule has 0 amide bonds. The monoisotopic (exact) mass is 306 g/mol. The highest BCUT2D eigenvalue weighted by atomic mass is 79.9. The van der Waals surface area contributed by atoms with Crippen molar-refractivity contribution in [3.63, 3.8) is 0 Å². The van der Waals surface area contributed by atoms with Crippen molar-refractivity contribution in [1.82, 2.24) is 0 Å². The van der Waals surface area contributed by atoms with Gasteiger partial charge in [-0.15, -0.1) is 5.92 Å². The highest BCUT2D eigenvalue weighted by Gasteiger charge is 1.87. The fourth-order valence-corrected chi connectivity index (χ4v) is 1.67. The van der Waals surface area contributed by atoms with E-state index in [1.807, 2.05) is 0 Å². The summed E-state index contributed by atoms with van der Waals surface area (Å²) in [5.74, 6) is 18.2. The third-order valence-electron chi connectivity index (χ3n) is 2.45. The van der Waals surface area contributed by atoms with Crippen LogP contribution in [-0.2, 0) is 0 Å². The molecule has 0 aromatic rings. The molecule has 0 unspecified atom stereocenters. The van der Waals surface area contributed by atoms with Crippen LogP contribution in [0.4, 0.5) is 0 Å². The van der Waals surface area contributed by atoms with Gasteiger partial charge in [0.15, 0.2) is 0 Å². The summed E-state index contributed by atoms with van der Waals surface area (Å²) in [4.78, 5) is 0. The average Bonchev–Trinajstić information content (AvgIpc) is 2.39. The number of alkyl halides is 1.